The number of aryl methyl sites for hydroxylation is 1. The topological polar surface area (TPSA) is 45.2 Å². The molecule has 0 spiro atoms. The van der Waals surface area contributed by atoms with Crippen LogP contribution in [0.5, 0.6) is 0 Å². The zero-order valence-corrected chi connectivity index (χ0v) is 13.9. The Bertz CT molecular complexity index is 687. The molecule has 1 aromatic carbocycles. The number of pyridine rings is 1. The first-order chi connectivity index (χ1) is 11.2. The van der Waals surface area contributed by atoms with Crippen LogP contribution in [0.1, 0.15) is 34.5 Å². The van der Waals surface area contributed by atoms with Crippen molar-refractivity contribution in [1.29, 1.82) is 0 Å². The van der Waals surface area contributed by atoms with Crippen molar-refractivity contribution in [1.82, 2.24) is 15.2 Å². The van der Waals surface area contributed by atoms with Gasteiger partial charge in [-0.1, -0.05) is 30.7 Å². The third-order valence-corrected chi connectivity index (χ3v) is 4.44. The summed E-state index contributed by atoms with van der Waals surface area (Å²) in [5.74, 6) is 0.0493. The summed E-state index contributed by atoms with van der Waals surface area (Å²) in [6.45, 7) is 4.20. The van der Waals surface area contributed by atoms with E-state index in [4.69, 9.17) is 11.6 Å². The number of nitrogens with zero attached hydrogens (tertiary/aromatic N) is 2. The zero-order valence-electron chi connectivity index (χ0n) is 13.1. The lowest BCUT2D eigenvalue weighted by Gasteiger charge is -2.34. The molecule has 1 saturated heterocycles. The van der Waals surface area contributed by atoms with Crippen molar-refractivity contribution in [3.63, 3.8) is 0 Å². The summed E-state index contributed by atoms with van der Waals surface area (Å²) >= 11 is 5.95. The molecule has 1 N–H and O–H groups in total. The predicted molar refractivity (Wildman–Crippen MR) is 91.7 cm³/mol. The monoisotopic (exact) mass is 329 g/mol. The number of rotatable bonds is 3. The predicted octanol–water partition coefficient (Wildman–Crippen LogP) is 3.08. The Morgan fingerprint density at radius 1 is 1.35 bits per heavy atom. The molecule has 1 aromatic heterocycles. The molecule has 4 nitrogen and oxygen atoms in total. The van der Waals surface area contributed by atoms with Crippen LogP contribution in [0.2, 0.25) is 5.02 Å². The van der Waals surface area contributed by atoms with Crippen molar-refractivity contribution in [2.45, 2.75) is 19.4 Å². The first-order valence-corrected chi connectivity index (χ1v) is 8.27. The van der Waals surface area contributed by atoms with E-state index in [0.717, 1.165) is 29.1 Å². The Morgan fingerprint density at radius 2 is 2.13 bits per heavy atom. The number of hydrogen-bond donors (Lipinski definition) is 1. The Morgan fingerprint density at radius 3 is 2.87 bits per heavy atom. The number of aromatic nitrogens is 1. The van der Waals surface area contributed by atoms with Crippen LogP contribution in [0.25, 0.3) is 0 Å². The van der Waals surface area contributed by atoms with Gasteiger partial charge in [0.05, 0.1) is 5.56 Å². The van der Waals surface area contributed by atoms with E-state index in [9.17, 15) is 4.79 Å². The number of halogens is 1. The molecule has 1 aliphatic rings. The Balaban J connectivity index is 1.75. The molecule has 0 bridgehead atoms. The number of benzene rings is 1. The van der Waals surface area contributed by atoms with Crippen LogP contribution in [0.3, 0.4) is 0 Å². The van der Waals surface area contributed by atoms with E-state index >= 15 is 0 Å². The molecule has 0 saturated carbocycles. The molecule has 2 aromatic rings. The Kier molecular flexibility index (Phi) is 4.94. The third-order valence-electron chi connectivity index (χ3n) is 4.19. The summed E-state index contributed by atoms with van der Waals surface area (Å²) in [4.78, 5) is 18.8. The summed E-state index contributed by atoms with van der Waals surface area (Å²) < 4.78 is 0. The summed E-state index contributed by atoms with van der Waals surface area (Å²) in [5, 5.41) is 4.18. The van der Waals surface area contributed by atoms with Gasteiger partial charge in [0.2, 0.25) is 0 Å². The quantitative estimate of drug-likeness (QED) is 0.941. The smallest absolute Gasteiger partial charge is 0.255 e. The van der Waals surface area contributed by atoms with Gasteiger partial charge < -0.3 is 10.2 Å². The van der Waals surface area contributed by atoms with Gasteiger partial charge in [-0.05, 0) is 35.7 Å². The molecule has 5 heteroatoms. The highest BCUT2D eigenvalue weighted by Crippen LogP contribution is 2.21. The van der Waals surface area contributed by atoms with Gasteiger partial charge in [0.15, 0.2) is 0 Å². The second-order valence-electron chi connectivity index (χ2n) is 5.74. The lowest BCUT2D eigenvalue weighted by molar-refractivity contribution is 0.0702. The third kappa shape index (κ3) is 3.71. The van der Waals surface area contributed by atoms with Crippen molar-refractivity contribution in [2.24, 2.45) is 0 Å². The molecule has 1 fully saturated rings. The molecule has 1 unspecified atom stereocenters. The average Bonchev–Trinajstić information content (AvgIpc) is 2.62. The van der Waals surface area contributed by atoms with Gasteiger partial charge in [0.25, 0.3) is 5.91 Å². The zero-order chi connectivity index (χ0) is 16.2. The van der Waals surface area contributed by atoms with Gasteiger partial charge in [-0.25, -0.2) is 0 Å². The second kappa shape index (κ2) is 7.11. The summed E-state index contributed by atoms with van der Waals surface area (Å²) in [7, 11) is 0. The summed E-state index contributed by atoms with van der Waals surface area (Å²) in [5.41, 5.74) is 2.90. The van der Waals surface area contributed by atoms with Gasteiger partial charge in [0, 0.05) is 43.1 Å². The number of carbonyl (C=O) groups excluding carboxylic acids is 1. The average molecular weight is 330 g/mol. The SMILES string of the molecule is CCc1cncc(C(=O)N2CCNC(c3ccc(Cl)cc3)C2)c1. The number of piperazine rings is 1. The summed E-state index contributed by atoms with van der Waals surface area (Å²) in [6, 6.07) is 9.85. The van der Waals surface area contributed by atoms with Crippen molar-refractivity contribution in [3.05, 3.63) is 64.4 Å². The van der Waals surface area contributed by atoms with Gasteiger partial charge in [-0.2, -0.15) is 0 Å². The highest BCUT2D eigenvalue weighted by Gasteiger charge is 2.25. The van der Waals surface area contributed by atoms with Crippen LogP contribution in [-0.4, -0.2) is 35.4 Å². The summed E-state index contributed by atoms with van der Waals surface area (Å²) in [6.07, 6.45) is 4.34. The lowest BCUT2D eigenvalue weighted by Crippen LogP contribution is -2.48. The maximum absolute atomic E-state index is 12.7. The molecule has 3 rings (SSSR count). The molecule has 1 aliphatic heterocycles. The van der Waals surface area contributed by atoms with Gasteiger partial charge in [-0.15, -0.1) is 0 Å². The molecular weight excluding hydrogens is 310 g/mol. The van der Waals surface area contributed by atoms with Crippen LogP contribution in [0, 0.1) is 0 Å². The Labute approximate surface area is 141 Å². The van der Waals surface area contributed by atoms with E-state index in [-0.39, 0.29) is 11.9 Å². The van der Waals surface area contributed by atoms with E-state index in [1.165, 1.54) is 0 Å². The fourth-order valence-corrected chi connectivity index (χ4v) is 2.96. The van der Waals surface area contributed by atoms with E-state index in [1.54, 1.807) is 6.20 Å². The fourth-order valence-electron chi connectivity index (χ4n) is 2.83. The van der Waals surface area contributed by atoms with Gasteiger partial charge >= 0.3 is 0 Å². The second-order valence-corrected chi connectivity index (χ2v) is 6.18. The van der Waals surface area contributed by atoms with Crippen LogP contribution in [0.15, 0.2) is 42.7 Å². The van der Waals surface area contributed by atoms with Crippen molar-refractivity contribution < 1.29 is 4.79 Å². The van der Waals surface area contributed by atoms with Crippen molar-refractivity contribution in [3.8, 4) is 0 Å². The van der Waals surface area contributed by atoms with Crippen LogP contribution in [-0.2, 0) is 6.42 Å². The molecule has 2 heterocycles. The minimum Gasteiger partial charge on any atom is -0.335 e. The maximum atomic E-state index is 12.7. The van der Waals surface area contributed by atoms with Crippen LogP contribution in [0.4, 0.5) is 0 Å². The van der Waals surface area contributed by atoms with E-state index in [2.05, 4.69) is 17.2 Å². The van der Waals surface area contributed by atoms with Crippen LogP contribution >= 0.6 is 11.6 Å². The van der Waals surface area contributed by atoms with Gasteiger partial charge in [0.1, 0.15) is 0 Å². The number of hydrogen-bond acceptors (Lipinski definition) is 3. The largest absolute Gasteiger partial charge is 0.335 e. The molecule has 0 radical (unpaired) electrons. The highest BCUT2D eigenvalue weighted by molar-refractivity contribution is 6.30. The van der Waals surface area contributed by atoms with Crippen LogP contribution < -0.4 is 5.32 Å². The normalized spacial score (nSPS) is 18.0. The van der Waals surface area contributed by atoms with E-state index in [1.807, 2.05) is 41.4 Å². The number of nitrogens with one attached hydrogen (secondary N) is 1. The van der Waals surface area contributed by atoms with E-state index in [0.29, 0.717) is 18.7 Å². The van der Waals surface area contributed by atoms with Crippen molar-refractivity contribution in [2.75, 3.05) is 19.6 Å². The molecule has 23 heavy (non-hydrogen) atoms. The van der Waals surface area contributed by atoms with Gasteiger partial charge in [-0.3, -0.25) is 9.78 Å². The minimum absolute atomic E-state index is 0.0493. The number of amides is 1. The molecule has 120 valence electrons. The standard InChI is InChI=1S/C18H20ClN3O/c1-2-13-9-15(11-20-10-13)18(23)22-8-7-21-17(12-22)14-3-5-16(19)6-4-14/h3-6,9-11,17,21H,2,7-8,12H2,1H3. The van der Waals surface area contributed by atoms with E-state index < -0.39 is 0 Å². The molecule has 0 aliphatic carbocycles. The number of carbonyl (C=O) groups is 1. The molecular formula is C18H20ClN3O. The maximum Gasteiger partial charge on any atom is 0.255 e. The first kappa shape index (κ1) is 16.0. The molecule has 1 amide bonds. The fraction of sp³-hybridized carbons (Fsp3) is 0.333. The van der Waals surface area contributed by atoms with Crippen molar-refractivity contribution >= 4 is 17.5 Å². The Hall–Kier alpha value is -1.91. The lowest BCUT2D eigenvalue weighted by atomic mass is 10.0. The molecule has 1 atom stereocenters. The minimum atomic E-state index is 0.0493. The first-order valence-electron chi connectivity index (χ1n) is 7.89. The highest BCUT2D eigenvalue weighted by atomic mass is 35.5.